The largest absolute Gasteiger partial charge is 0.480 e. The van der Waals surface area contributed by atoms with E-state index in [2.05, 4.69) is 10.5 Å². The molecule has 0 aliphatic heterocycles. The maximum absolute atomic E-state index is 11.9. The molecule has 20 heavy (non-hydrogen) atoms. The van der Waals surface area contributed by atoms with Gasteiger partial charge in [-0.05, 0) is 45.7 Å². The van der Waals surface area contributed by atoms with Crippen molar-refractivity contribution in [3.8, 4) is 5.75 Å². The molecule has 1 aromatic carbocycles. The summed E-state index contributed by atoms with van der Waals surface area (Å²) < 4.78 is 5.71. The van der Waals surface area contributed by atoms with E-state index in [4.69, 9.17) is 9.94 Å². The highest BCUT2D eigenvalue weighted by atomic mass is 16.5. The van der Waals surface area contributed by atoms with Crippen LogP contribution in [0.2, 0.25) is 0 Å². The average Bonchev–Trinajstić information content (AvgIpc) is 3.23. The van der Waals surface area contributed by atoms with Gasteiger partial charge < -0.3 is 15.3 Å². The van der Waals surface area contributed by atoms with Crippen molar-refractivity contribution < 1.29 is 14.7 Å². The summed E-state index contributed by atoms with van der Waals surface area (Å²) in [4.78, 5) is 11.9. The van der Waals surface area contributed by atoms with Crippen molar-refractivity contribution in [1.29, 1.82) is 0 Å². The summed E-state index contributed by atoms with van der Waals surface area (Å²) in [6.45, 7) is 5.35. The number of amides is 1. The van der Waals surface area contributed by atoms with Gasteiger partial charge in [-0.25, -0.2) is 0 Å². The van der Waals surface area contributed by atoms with E-state index in [9.17, 15) is 4.79 Å². The highest BCUT2D eigenvalue weighted by molar-refractivity contribution is 6.01. The lowest BCUT2D eigenvalue weighted by Crippen LogP contribution is -2.37. The Balaban J connectivity index is 2.13. The fraction of sp³-hybridized carbons (Fsp3) is 0.467. The third kappa shape index (κ3) is 3.50. The molecule has 5 nitrogen and oxygen atoms in total. The highest BCUT2D eigenvalue weighted by Gasteiger charge is 2.26. The Bertz CT molecular complexity index is 536. The van der Waals surface area contributed by atoms with Gasteiger partial charge in [0.1, 0.15) is 5.75 Å². The van der Waals surface area contributed by atoms with E-state index in [0.29, 0.717) is 23.1 Å². The van der Waals surface area contributed by atoms with Crippen LogP contribution < -0.4 is 10.1 Å². The number of benzene rings is 1. The number of carbonyl (C=O) groups is 1. The first-order valence-corrected chi connectivity index (χ1v) is 6.78. The molecule has 1 fully saturated rings. The van der Waals surface area contributed by atoms with E-state index in [-0.39, 0.29) is 5.91 Å². The maximum Gasteiger partial charge on any atom is 0.260 e. The third-order valence-corrected chi connectivity index (χ3v) is 3.27. The smallest absolute Gasteiger partial charge is 0.260 e. The zero-order valence-electron chi connectivity index (χ0n) is 12.0. The molecule has 0 radical (unpaired) electrons. The van der Waals surface area contributed by atoms with E-state index < -0.39 is 6.10 Å². The van der Waals surface area contributed by atoms with Crippen LogP contribution in [-0.4, -0.2) is 29.0 Å². The Morgan fingerprint density at radius 1 is 1.50 bits per heavy atom. The standard InChI is InChI=1S/C15H20N2O3/c1-9-4-7-14(13(8-9)10(2)17-19)20-11(3)15(18)16-12-5-6-12/h4,7-8,11-12,19H,5-6H2,1-3H3,(H,16,18)/b17-10+. The SMILES string of the molecule is C/C(=N\O)c1cc(C)ccc1OC(C)C(=O)NC1CC1. The molecular formula is C15H20N2O3. The van der Waals surface area contributed by atoms with Crippen LogP contribution in [0.15, 0.2) is 23.4 Å². The van der Waals surface area contributed by atoms with Crippen LogP contribution in [0, 0.1) is 6.92 Å². The number of ether oxygens (including phenoxy) is 1. The molecule has 2 rings (SSSR count). The van der Waals surface area contributed by atoms with Crippen molar-refractivity contribution in [1.82, 2.24) is 5.32 Å². The monoisotopic (exact) mass is 276 g/mol. The summed E-state index contributed by atoms with van der Waals surface area (Å²) >= 11 is 0. The minimum atomic E-state index is -0.580. The molecule has 1 amide bonds. The van der Waals surface area contributed by atoms with Gasteiger partial charge in [0.25, 0.3) is 5.91 Å². The lowest BCUT2D eigenvalue weighted by atomic mass is 10.1. The maximum atomic E-state index is 11.9. The van der Waals surface area contributed by atoms with Crippen molar-refractivity contribution in [3.05, 3.63) is 29.3 Å². The molecule has 2 N–H and O–H groups in total. The van der Waals surface area contributed by atoms with Crippen molar-refractivity contribution in [2.45, 2.75) is 45.8 Å². The zero-order valence-corrected chi connectivity index (χ0v) is 12.0. The molecular weight excluding hydrogens is 256 g/mol. The van der Waals surface area contributed by atoms with Gasteiger partial charge in [0, 0.05) is 11.6 Å². The minimum Gasteiger partial charge on any atom is -0.480 e. The Labute approximate surface area is 118 Å². The van der Waals surface area contributed by atoms with E-state index >= 15 is 0 Å². The molecule has 5 heteroatoms. The predicted octanol–water partition coefficient (Wildman–Crippen LogP) is 2.24. The Morgan fingerprint density at radius 3 is 2.80 bits per heavy atom. The molecule has 1 atom stereocenters. The fourth-order valence-electron chi connectivity index (χ4n) is 1.87. The summed E-state index contributed by atoms with van der Waals surface area (Å²) in [5.74, 6) is 0.432. The van der Waals surface area contributed by atoms with Crippen LogP contribution in [0.25, 0.3) is 0 Å². The number of hydrogen-bond donors (Lipinski definition) is 2. The average molecular weight is 276 g/mol. The fourth-order valence-corrected chi connectivity index (χ4v) is 1.87. The van der Waals surface area contributed by atoms with Gasteiger partial charge in [0.05, 0.1) is 5.71 Å². The number of rotatable bonds is 5. The van der Waals surface area contributed by atoms with Crippen LogP contribution >= 0.6 is 0 Å². The predicted molar refractivity (Wildman–Crippen MR) is 76.4 cm³/mol. The zero-order chi connectivity index (χ0) is 14.7. The van der Waals surface area contributed by atoms with Crippen LogP contribution in [0.4, 0.5) is 0 Å². The first-order valence-electron chi connectivity index (χ1n) is 6.78. The quantitative estimate of drug-likeness (QED) is 0.492. The molecule has 0 spiro atoms. The molecule has 1 aliphatic rings. The molecule has 1 unspecified atom stereocenters. The molecule has 1 saturated carbocycles. The number of carbonyl (C=O) groups excluding carboxylic acids is 1. The molecule has 0 saturated heterocycles. The number of nitrogens with one attached hydrogen (secondary N) is 1. The second-order valence-electron chi connectivity index (χ2n) is 5.23. The summed E-state index contributed by atoms with van der Waals surface area (Å²) in [7, 11) is 0. The van der Waals surface area contributed by atoms with E-state index in [1.807, 2.05) is 19.1 Å². The van der Waals surface area contributed by atoms with Gasteiger partial charge in [-0.15, -0.1) is 0 Å². The lowest BCUT2D eigenvalue weighted by Gasteiger charge is -2.17. The van der Waals surface area contributed by atoms with Crippen LogP contribution in [0.3, 0.4) is 0 Å². The molecule has 0 heterocycles. The van der Waals surface area contributed by atoms with Crippen LogP contribution in [0.1, 0.15) is 37.8 Å². The van der Waals surface area contributed by atoms with Gasteiger partial charge in [-0.3, -0.25) is 4.79 Å². The van der Waals surface area contributed by atoms with E-state index in [1.165, 1.54) is 0 Å². The summed E-state index contributed by atoms with van der Waals surface area (Å²) in [6, 6.07) is 5.87. The van der Waals surface area contributed by atoms with Crippen molar-refractivity contribution in [2.24, 2.45) is 5.16 Å². The highest BCUT2D eigenvalue weighted by Crippen LogP contribution is 2.23. The molecule has 0 aromatic heterocycles. The summed E-state index contributed by atoms with van der Waals surface area (Å²) in [5, 5.41) is 15.0. The van der Waals surface area contributed by atoms with E-state index in [0.717, 1.165) is 18.4 Å². The van der Waals surface area contributed by atoms with Crippen molar-refractivity contribution in [3.63, 3.8) is 0 Å². The number of hydrogen-bond acceptors (Lipinski definition) is 4. The second-order valence-corrected chi connectivity index (χ2v) is 5.23. The first-order chi connectivity index (χ1) is 9.51. The van der Waals surface area contributed by atoms with Gasteiger partial charge in [0.2, 0.25) is 0 Å². The summed E-state index contributed by atoms with van der Waals surface area (Å²) in [6.07, 6.45) is 1.51. The van der Waals surface area contributed by atoms with Crippen LogP contribution in [0.5, 0.6) is 5.75 Å². The number of oxime groups is 1. The lowest BCUT2D eigenvalue weighted by molar-refractivity contribution is -0.127. The minimum absolute atomic E-state index is 0.113. The molecule has 108 valence electrons. The second kappa shape index (κ2) is 5.94. The van der Waals surface area contributed by atoms with Crippen molar-refractivity contribution in [2.75, 3.05) is 0 Å². The topological polar surface area (TPSA) is 70.9 Å². The number of nitrogens with zero attached hydrogens (tertiary/aromatic N) is 1. The molecule has 0 bridgehead atoms. The Morgan fingerprint density at radius 2 is 2.20 bits per heavy atom. The van der Waals surface area contributed by atoms with Gasteiger partial charge in [-0.2, -0.15) is 0 Å². The van der Waals surface area contributed by atoms with Gasteiger partial charge >= 0.3 is 0 Å². The van der Waals surface area contributed by atoms with Crippen LogP contribution in [-0.2, 0) is 4.79 Å². The van der Waals surface area contributed by atoms with Crippen molar-refractivity contribution >= 4 is 11.6 Å². The van der Waals surface area contributed by atoms with E-state index in [1.54, 1.807) is 19.9 Å². The van der Waals surface area contributed by atoms with Gasteiger partial charge in [-0.1, -0.05) is 16.8 Å². The Kier molecular flexibility index (Phi) is 4.27. The van der Waals surface area contributed by atoms with Gasteiger partial charge in [0.15, 0.2) is 6.10 Å². The molecule has 1 aliphatic carbocycles. The summed E-state index contributed by atoms with van der Waals surface area (Å²) in [5.41, 5.74) is 2.18. The normalized spacial score (nSPS) is 16.6. The Hall–Kier alpha value is -2.04. The molecule has 1 aromatic rings. The first kappa shape index (κ1) is 14.4. The number of aryl methyl sites for hydroxylation is 1. The third-order valence-electron chi connectivity index (χ3n) is 3.27.